The van der Waals surface area contributed by atoms with E-state index < -0.39 is 0 Å². The summed E-state index contributed by atoms with van der Waals surface area (Å²) in [5, 5.41) is 11.9. The van der Waals surface area contributed by atoms with E-state index >= 15 is 0 Å². The Kier molecular flexibility index (Phi) is 4.88. The molecule has 0 unspecified atom stereocenters. The maximum absolute atomic E-state index is 13.1. The average molecular weight is 366 g/mol. The highest BCUT2D eigenvalue weighted by molar-refractivity contribution is 5.94. The van der Waals surface area contributed by atoms with Crippen molar-refractivity contribution in [2.75, 3.05) is 26.2 Å². The van der Waals surface area contributed by atoms with Gasteiger partial charge in [-0.05, 0) is 46.8 Å². The van der Waals surface area contributed by atoms with Crippen molar-refractivity contribution in [2.24, 2.45) is 0 Å². The number of nitrogens with zero attached hydrogens (tertiary/aromatic N) is 6. The molecule has 1 amide bonds. The van der Waals surface area contributed by atoms with Crippen LogP contribution in [0.4, 0.5) is 4.39 Å². The number of benzene rings is 2. The molecule has 0 radical (unpaired) electrons. The minimum Gasteiger partial charge on any atom is -0.336 e. The highest BCUT2D eigenvalue weighted by Crippen LogP contribution is 2.13. The van der Waals surface area contributed by atoms with Crippen molar-refractivity contribution in [1.82, 2.24) is 30.0 Å². The van der Waals surface area contributed by atoms with Gasteiger partial charge in [0.1, 0.15) is 5.82 Å². The van der Waals surface area contributed by atoms with Crippen LogP contribution in [0.15, 0.2) is 54.6 Å². The van der Waals surface area contributed by atoms with E-state index in [4.69, 9.17) is 0 Å². The molecular weight excluding hydrogens is 347 g/mol. The molecule has 27 heavy (non-hydrogen) atoms. The maximum Gasteiger partial charge on any atom is 0.253 e. The molecule has 1 fully saturated rings. The zero-order chi connectivity index (χ0) is 18.6. The summed E-state index contributed by atoms with van der Waals surface area (Å²) >= 11 is 0. The molecule has 0 spiro atoms. The minimum absolute atomic E-state index is 0.0615. The predicted molar refractivity (Wildman–Crippen MR) is 96.7 cm³/mol. The highest BCUT2D eigenvalue weighted by Gasteiger charge is 2.23. The fourth-order valence-corrected chi connectivity index (χ4v) is 3.16. The topological polar surface area (TPSA) is 67.2 Å². The summed E-state index contributed by atoms with van der Waals surface area (Å²) in [5.41, 5.74) is 1.43. The van der Waals surface area contributed by atoms with Crippen LogP contribution < -0.4 is 0 Å². The van der Waals surface area contributed by atoms with Crippen LogP contribution in [-0.2, 0) is 6.54 Å². The fraction of sp³-hybridized carbons (Fsp3) is 0.263. The van der Waals surface area contributed by atoms with Crippen molar-refractivity contribution in [1.29, 1.82) is 0 Å². The second-order valence-corrected chi connectivity index (χ2v) is 6.42. The van der Waals surface area contributed by atoms with E-state index in [-0.39, 0.29) is 11.7 Å². The second-order valence-electron chi connectivity index (χ2n) is 6.42. The zero-order valence-electron chi connectivity index (χ0n) is 14.7. The Bertz CT molecular complexity index is 903. The zero-order valence-corrected chi connectivity index (χ0v) is 14.7. The number of tetrazole rings is 1. The number of hydrogen-bond acceptors (Lipinski definition) is 5. The molecule has 1 aliphatic heterocycles. The lowest BCUT2D eigenvalue weighted by atomic mass is 10.2. The van der Waals surface area contributed by atoms with Crippen LogP contribution >= 0.6 is 0 Å². The van der Waals surface area contributed by atoms with Gasteiger partial charge in [0.2, 0.25) is 0 Å². The second kappa shape index (κ2) is 7.63. The van der Waals surface area contributed by atoms with Crippen molar-refractivity contribution in [3.05, 3.63) is 71.8 Å². The van der Waals surface area contributed by atoms with Gasteiger partial charge in [-0.2, -0.15) is 4.68 Å². The Morgan fingerprint density at radius 1 is 0.963 bits per heavy atom. The smallest absolute Gasteiger partial charge is 0.253 e. The number of rotatable bonds is 4. The molecule has 8 heteroatoms. The Labute approximate surface area is 156 Å². The first-order valence-corrected chi connectivity index (χ1v) is 8.80. The van der Waals surface area contributed by atoms with Crippen LogP contribution in [0, 0.1) is 5.82 Å². The third-order valence-corrected chi connectivity index (χ3v) is 4.65. The minimum atomic E-state index is -0.299. The molecule has 7 nitrogen and oxygen atoms in total. The van der Waals surface area contributed by atoms with E-state index in [1.807, 2.05) is 35.2 Å². The van der Waals surface area contributed by atoms with Crippen molar-refractivity contribution in [3.63, 3.8) is 0 Å². The third kappa shape index (κ3) is 3.85. The Balaban J connectivity index is 1.38. The molecule has 2 heterocycles. The molecule has 0 atom stereocenters. The number of hydrogen-bond donors (Lipinski definition) is 0. The van der Waals surface area contributed by atoms with Gasteiger partial charge in [0, 0.05) is 31.7 Å². The molecule has 1 aliphatic rings. The first-order chi connectivity index (χ1) is 13.2. The van der Waals surface area contributed by atoms with Crippen LogP contribution in [-0.4, -0.2) is 62.1 Å². The van der Waals surface area contributed by atoms with Crippen LogP contribution in [0.25, 0.3) is 5.69 Å². The molecule has 1 aromatic heterocycles. The standard InChI is InChI=1S/C19H19FN6O/c20-16-6-8-17(9-7-16)26-18(21-22-23-26)14-24-10-12-25(13-11-24)19(27)15-4-2-1-3-5-15/h1-9H,10-14H2. The molecule has 0 bridgehead atoms. The van der Waals surface area contributed by atoms with Gasteiger partial charge < -0.3 is 4.90 Å². The van der Waals surface area contributed by atoms with E-state index in [0.717, 1.165) is 13.1 Å². The van der Waals surface area contributed by atoms with Crippen LogP contribution in [0.1, 0.15) is 16.2 Å². The summed E-state index contributed by atoms with van der Waals surface area (Å²) in [6.07, 6.45) is 0. The lowest BCUT2D eigenvalue weighted by molar-refractivity contribution is 0.0624. The largest absolute Gasteiger partial charge is 0.336 e. The highest BCUT2D eigenvalue weighted by atomic mass is 19.1. The Morgan fingerprint density at radius 2 is 1.67 bits per heavy atom. The van der Waals surface area contributed by atoms with Crippen LogP contribution in [0.2, 0.25) is 0 Å². The number of carbonyl (C=O) groups is 1. The lowest BCUT2D eigenvalue weighted by Gasteiger charge is -2.34. The number of carbonyl (C=O) groups excluding carboxylic acids is 1. The van der Waals surface area contributed by atoms with E-state index in [2.05, 4.69) is 20.4 Å². The lowest BCUT2D eigenvalue weighted by Crippen LogP contribution is -2.48. The van der Waals surface area contributed by atoms with Crippen LogP contribution in [0.3, 0.4) is 0 Å². The fourth-order valence-electron chi connectivity index (χ4n) is 3.16. The monoisotopic (exact) mass is 366 g/mol. The van der Waals surface area contributed by atoms with Gasteiger partial charge in [0.25, 0.3) is 5.91 Å². The summed E-state index contributed by atoms with van der Waals surface area (Å²) in [4.78, 5) is 16.6. The third-order valence-electron chi connectivity index (χ3n) is 4.65. The van der Waals surface area contributed by atoms with Gasteiger partial charge in [-0.25, -0.2) is 4.39 Å². The molecule has 2 aromatic carbocycles. The SMILES string of the molecule is O=C(c1ccccc1)N1CCN(Cc2nnnn2-c2ccc(F)cc2)CC1. The molecule has 138 valence electrons. The maximum atomic E-state index is 13.1. The van der Waals surface area contributed by atoms with Crippen LogP contribution in [0.5, 0.6) is 0 Å². The normalized spacial score (nSPS) is 15.1. The van der Waals surface area contributed by atoms with Crippen molar-refractivity contribution in [2.45, 2.75) is 6.54 Å². The average Bonchev–Trinajstić information content (AvgIpc) is 3.17. The van der Waals surface area contributed by atoms with Crippen molar-refractivity contribution >= 4 is 5.91 Å². The number of piperazine rings is 1. The summed E-state index contributed by atoms with van der Waals surface area (Å²) in [6.45, 7) is 3.37. The van der Waals surface area contributed by atoms with Gasteiger partial charge in [0.05, 0.1) is 12.2 Å². The Hall–Kier alpha value is -3.13. The van der Waals surface area contributed by atoms with E-state index in [1.54, 1.807) is 16.8 Å². The Morgan fingerprint density at radius 3 is 2.37 bits per heavy atom. The van der Waals surface area contributed by atoms with E-state index in [0.29, 0.717) is 36.7 Å². The molecule has 4 rings (SSSR count). The summed E-state index contributed by atoms with van der Waals surface area (Å²) in [7, 11) is 0. The van der Waals surface area contributed by atoms with Gasteiger partial charge in [-0.3, -0.25) is 9.69 Å². The van der Waals surface area contributed by atoms with E-state index in [1.165, 1.54) is 12.1 Å². The first kappa shape index (κ1) is 17.3. The summed E-state index contributed by atoms with van der Waals surface area (Å²) in [5.74, 6) is 0.448. The predicted octanol–water partition coefficient (Wildman–Crippen LogP) is 1.76. The quantitative estimate of drug-likeness (QED) is 0.704. The van der Waals surface area contributed by atoms with Gasteiger partial charge >= 0.3 is 0 Å². The number of halogens is 1. The number of aromatic nitrogens is 4. The molecule has 0 N–H and O–H groups in total. The van der Waals surface area contributed by atoms with Crippen molar-refractivity contribution in [3.8, 4) is 5.69 Å². The summed E-state index contributed by atoms with van der Waals surface area (Å²) < 4.78 is 14.7. The molecule has 3 aromatic rings. The van der Waals surface area contributed by atoms with Gasteiger partial charge in [0.15, 0.2) is 5.82 Å². The first-order valence-electron chi connectivity index (χ1n) is 8.80. The van der Waals surface area contributed by atoms with Crippen molar-refractivity contribution < 1.29 is 9.18 Å². The molecule has 0 aliphatic carbocycles. The molecule has 1 saturated heterocycles. The summed E-state index contributed by atoms with van der Waals surface area (Å²) in [6, 6.07) is 15.4. The van der Waals surface area contributed by atoms with E-state index in [9.17, 15) is 9.18 Å². The van der Waals surface area contributed by atoms with Gasteiger partial charge in [-0.1, -0.05) is 18.2 Å². The molecular formula is C19H19FN6O. The molecule has 0 saturated carbocycles. The number of amides is 1. The van der Waals surface area contributed by atoms with Gasteiger partial charge in [-0.15, -0.1) is 5.10 Å².